The average Bonchev–Trinajstić information content (AvgIpc) is 3.24. The number of hydrogen-bond acceptors (Lipinski definition) is 7. The molecule has 0 spiro atoms. The predicted molar refractivity (Wildman–Crippen MR) is 150 cm³/mol. The van der Waals surface area contributed by atoms with Crippen molar-refractivity contribution >= 4 is 23.4 Å². The molecule has 0 saturated carbocycles. The molecule has 2 aliphatic heterocycles. The first kappa shape index (κ1) is 27.1. The standard InChI is InChI=1S/C31H33N3O6/c1-38-25-15-21(16-26(39-2)28(25)40-3)18-34-30(36)23-12-7-13-24(27(23)31(34)37)33-14-8-11-22(19-33)29(35)32-17-20-9-5-4-6-10-20/h4-7,9-10,12-13,15-16,22H,8,11,14,17-19H2,1-3H3,(H,32,35). The second kappa shape index (κ2) is 11.7. The Morgan fingerprint density at radius 3 is 2.30 bits per heavy atom. The quantitative estimate of drug-likeness (QED) is 0.407. The van der Waals surface area contributed by atoms with Gasteiger partial charge in [-0.3, -0.25) is 19.3 Å². The van der Waals surface area contributed by atoms with Crippen molar-refractivity contribution in [1.82, 2.24) is 10.2 Å². The Kier molecular flexibility index (Phi) is 7.91. The smallest absolute Gasteiger partial charge is 0.263 e. The zero-order valence-corrected chi connectivity index (χ0v) is 22.9. The average molecular weight is 544 g/mol. The second-order valence-electron chi connectivity index (χ2n) is 9.92. The number of carbonyl (C=O) groups is 3. The number of carbonyl (C=O) groups excluding carboxylic acids is 3. The van der Waals surface area contributed by atoms with Gasteiger partial charge in [0.15, 0.2) is 11.5 Å². The maximum atomic E-state index is 13.7. The Morgan fingerprint density at radius 2 is 1.62 bits per heavy atom. The molecule has 0 bridgehead atoms. The third-order valence-corrected chi connectivity index (χ3v) is 7.48. The molecule has 9 nitrogen and oxygen atoms in total. The number of piperidine rings is 1. The van der Waals surface area contributed by atoms with Gasteiger partial charge in [-0.05, 0) is 48.2 Å². The van der Waals surface area contributed by atoms with Crippen LogP contribution in [0.5, 0.6) is 17.2 Å². The van der Waals surface area contributed by atoms with Gasteiger partial charge in [-0.25, -0.2) is 0 Å². The predicted octanol–water partition coefficient (Wildman–Crippen LogP) is 4.04. The van der Waals surface area contributed by atoms with Crippen LogP contribution in [0.15, 0.2) is 60.7 Å². The Balaban J connectivity index is 1.34. The number of imide groups is 1. The van der Waals surface area contributed by atoms with E-state index in [0.29, 0.717) is 59.3 Å². The summed E-state index contributed by atoms with van der Waals surface area (Å²) < 4.78 is 16.3. The summed E-state index contributed by atoms with van der Waals surface area (Å²) in [6.07, 6.45) is 1.58. The van der Waals surface area contributed by atoms with E-state index >= 15 is 0 Å². The third-order valence-electron chi connectivity index (χ3n) is 7.48. The number of fused-ring (bicyclic) bond motifs is 1. The lowest BCUT2D eigenvalue weighted by atomic mass is 9.95. The van der Waals surface area contributed by atoms with Crippen LogP contribution < -0.4 is 24.4 Å². The molecular formula is C31H33N3O6. The van der Waals surface area contributed by atoms with Crippen molar-refractivity contribution in [2.24, 2.45) is 5.92 Å². The maximum Gasteiger partial charge on any atom is 0.263 e. The fraction of sp³-hybridized carbons (Fsp3) is 0.323. The van der Waals surface area contributed by atoms with E-state index in [-0.39, 0.29) is 30.2 Å². The van der Waals surface area contributed by atoms with E-state index in [2.05, 4.69) is 10.2 Å². The lowest BCUT2D eigenvalue weighted by molar-refractivity contribution is -0.125. The molecule has 3 aromatic rings. The van der Waals surface area contributed by atoms with Crippen molar-refractivity contribution in [3.05, 3.63) is 82.9 Å². The number of nitrogens with zero attached hydrogens (tertiary/aromatic N) is 2. The highest BCUT2D eigenvalue weighted by Crippen LogP contribution is 2.40. The van der Waals surface area contributed by atoms with Gasteiger partial charge in [0.25, 0.3) is 11.8 Å². The van der Waals surface area contributed by atoms with Crippen LogP contribution in [-0.2, 0) is 17.9 Å². The van der Waals surface area contributed by atoms with Crippen molar-refractivity contribution in [2.75, 3.05) is 39.3 Å². The highest BCUT2D eigenvalue weighted by atomic mass is 16.5. The lowest BCUT2D eigenvalue weighted by Gasteiger charge is -2.34. The molecular weight excluding hydrogens is 510 g/mol. The molecule has 208 valence electrons. The van der Waals surface area contributed by atoms with Crippen LogP contribution in [0.1, 0.15) is 44.7 Å². The van der Waals surface area contributed by atoms with Gasteiger partial charge in [0.2, 0.25) is 11.7 Å². The van der Waals surface area contributed by atoms with Gasteiger partial charge in [0.05, 0.1) is 50.6 Å². The highest BCUT2D eigenvalue weighted by Gasteiger charge is 2.39. The second-order valence-corrected chi connectivity index (χ2v) is 9.92. The number of ether oxygens (including phenoxy) is 3. The van der Waals surface area contributed by atoms with Crippen molar-refractivity contribution in [3.8, 4) is 17.2 Å². The van der Waals surface area contributed by atoms with Gasteiger partial charge in [-0.1, -0.05) is 36.4 Å². The van der Waals surface area contributed by atoms with Gasteiger partial charge in [0, 0.05) is 19.6 Å². The molecule has 0 aliphatic carbocycles. The largest absolute Gasteiger partial charge is 0.493 e. The van der Waals surface area contributed by atoms with Crippen LogP contribution in [0.4, 0.5) is 5.69 Å². The minimum atomic E-state index is -0.361. The molecule has 0 aromatic heterocycles. The fourth-order valence-corrected chi connectivity index (χ4v) is 5.47. The number of nitrogens with one attached hydrogen (secondary N) is 1. The summed E-state index contributed by atoms with van der Waals surface area (Å²) >= 11 is 0. The lowest BCUT2D eigenvalue weighted by Crippen LogP contribution is -2.43. The van der Waals surface area contributed by atoms with Gasteiger partial charge in [-0.2, -0.15) is 0 Å². The molecule has 5 rings (SSSR count). The first-order chi connectivity index (χ1) is 19.4. The van der Waals surface area contributed by atoms with Crippen molar-refractivity contribution in [3.63, 3.8) is 0 Å². The Hall–Kier alpha value is -4.53. The Bertz CT molecular complexity index is 1400. The number of rotatable bonds is 9. The van der Waals surface area contributed by atoms with Gasteiger partial charge in [-0.15, -0.1) is 0 Å². The summed E-state index contributed by atoms with van der Waals surface area (Å²) in [5.74, 6) is 0.386. The zero-order chi connectivity index (χ0) is 28.2. The molecule has 2 aliphatic rings. The summed E-state index contributed by atoms with van der Waals surface area (Å²) in [6.45, 7) is 1.70. The Labute approximate surface area is 233 Å². The van der Waals surface area contributed by atoms with E-state index in [0.717, 1.165) is 18.4 Å². The summed E-state index contributed by atoms with van der Waals surface area (Å²) in [5.41, 5.74) is 3.14. The number of benzene rings is 3. The third kappa shape index (κ3) is 5.19. The minimum absolute atomic E-state index is 0.00689. The summed E-state index contributed by atoms with van der Waals surface area (Å²) in [5, 5.41) is 3.05. The SMILES string of the molecule is COc1cc(CN2C(=O)c3cccc(N4CCCC(C(=O)NCc5ccccc5)C4)c3C2=O)cc(OC)c1OC. The van der Waals surface area contributed by atoms with Crippen LogP contribution in [0.3, 0.4) is 0 Å². The maximum absolute atomic E-state index is 13.7. The molecule has 1 atom stereocenters. The van der Waals surface area contributed by atoms with E-state index in [4.69, 9.17) is 14.2 Å². The van der Waals surface area contributed by atoms with Crippen LogP contribution in [0, 0.1) is 5.92 Å². The van der Waals surface area contributed by atoms with Crippen LogP contribution in [-0.4, -0.2) is 57.0 Å². The number of methoxy groups -OCH3 is 3. The van der Waals surface area contributed by atoms with Crippen LogP contribution >= 0.6 is 0 Å². The van der Waals surface area contributed by atoms with Gasteiger partial charge in [0.1, 0.15) is 0 Å². The monoisotopic (exact) mass is 543 g/mol. The fourth-order valence-electron chi connectivity index (χ4n) is 5.47. The van der Waals surface area contributed by atoms with E-state index in [1.165, 1.54) is 26.2 Å². The molecule has 9 heteroatoms. The van der Waals surface area contributed by atoms with Crippen molar-refractivity contribution in [2.45, 2.75) is 25.9 Å². The summed E-state index contributed by atoms with van der Waals surface area (Å²) in [6, 6.07) is 18.6. The van der Waals surface area contributed by atoms with Crippen LogP contribution in [0.2, 0.25) is 0 Å². The normalized spacial score (nSPS) is 16.5. The van der Waals surface area contributed by atoms with Crippen molar-refractivity contribution in [1.29, 1.82) is 0 Å². The minimum Gasteiger partial charge on any atom is -0.493 e. The van der Waals surface area contributed by atoms with Crippen molar-refractivity contribution < 1.29 is 28.6 Å². The zero-order valence-electron chi connectivity index (χ0n) is 22.9. The molecule has 3 aromatic carbocycles. The summed E-state index contributed by atoms with van der Waals surface area (Å²) in [4.78, 5) is 43.4. The van der Waals surface area contributed by atoms with E-state index in [1.54, 1.807) is 24.3 Å². The summed E-state index contributed by atoms with van der Waals surface area (Å²) in [7, 11) is 4.55. The molecule has 3 amide bonds. The van der Waals surface area contributed by atoms with Gasteiger partial charge >= 0.3 is 0 Å². The van der Waals surface area contributed by atoms with E-state index < -0.39 is 0 Å². The number of hydrogen-bond donors (Lipinski definition) is 1. The molecule has 1 saturated heterocycles. The van der Waals surface area contributed by atoms with Gasteiger partial charge < -0.3 is 24.4 Å². The van der Waals surface area contributed by atoms with Crippen LogP contribution in [0.25, 0.3) is 0 Å². The molecule has 2 heterocycles. The molecule has 1 fully saturated rings. The Morgan fingerprint density at radius 1 is 0.900 bits per heavy atom. The first-order valence-corrected chi connectivity index (χ1v) is 13.3. The molecule has 40 heavy (non-hydrogen) atoms. The van der Waals surface area contributed by atoms with E-state index in [9.17, 15) is 14.4 Å². The first-order valence-electron chi connectivity index (χ1n) is 13.3. The molecule has 1 N–H and O–H groups in total. The molecule has 1 unspecified atom stereocenters. The number of amides is 3. The number of anilines is 1. The highest BCUT2D eigenvalue weighted by molar-refractivity contribution is 6.23. The topological polar surface area (TPSA) is 97.4 Å². The van der Waals surface area contributed by atoms with E-state index in [1.807, 2.05) is 36.4 Å². The molecule has 0 radical (unpaired) electrons.